The molecule has 5 rings (SSSR count). The third kappa shape index (κ3) is 4.26. The first-order valence-electron chi connectivity index (χ1n) is 12.0. The summed E-state index contributed by atoms with van der Waals surface area (Å²) in [5, 5.41) is 11.5. The van der Waals surface area contributed by atoms with E-state index in [2.05, 4.69) is 25.5 Å². The van der Waals surface area contributed by atoms with E-state index >= 15 is 0 Å². The van der Waals surface area contributed by atoms with E-state index in [4.69, 9.17) is 0 Å². The number of hydrogen-bond donors (Lipinski definition) is 1. The van der Waals surface area contributed by atoms with Crippen molar-refractivity contribution in [3.8, 4) is 16.8 Å². The maximum atomic E-state index is 13.4. The summed E-state index contributed by atoms with van der Waals surface area (Å²) < 4.78 is 4.84. The van der Waals surface area contributed by atoms with Crippen LogP contribution in [-0.4, -0.2) is 39.3 Å². The number of para-hydroxylation sites is 1. The van der Waals surface area contributed by atoms with Crippen LogP contribution in [0.5, 0.6) is 0 Å². The number of fused-ring (bicyclic) bond motifs is 1. The fourth-order valence-electron chi connectivity index (χ4n) is 4.46. The van der Waals surface area contributed by atoms with Crippen LogP contribution in [0.1, 0.15) is 45.0 Å². The Bertz CT molecular complexity index is 1620. The Labute approximate surface area is 207 Å². The number of H-pyrrole nitrogens is 1. The first kappa shape index (κ1) is 23.4. The van der Waals surface area contributed by atoms with Crippen LogP contribution in [-0.2, 0) is 13.1 Å². The second-order valence-electron chi connectivity index (χ2n) is 9.62. The molecule has 0 amide bonds. The Balaban J connectivity index is 1.55. The molecule has 3 heterocycles. The predicted octanol–water partition coefficient (Wildman–Crippen LogP) is 3.36. The van der Waals surface area contributed by atoms with Crippen molar-refractivity contribution in [2.24, 2.45) is 5.92 Å². The van der Waals surface area contributed by atoms with Gasteiger partial charge in [-0.1, -0.05) is 70.2 Å². The van der Waals surface area contributed by atoms with Crippen molar-refractivity contribution in [1.82, 2.24) is 39.3 Å². The van der Waals surface area contributed by atoms with Crippen LogP contribution in [0.3, 0.4) is 0 Å². The van der Waals surface area contributed by atoms with Crippen LogP contribution in [0.15, 0.2) is 64.4 Å². The molecule has 184 valence electrons. The summed E-state index contributed by atoms with van der Waals surface area (Å²) in [5.74, 6) is 0.986. The minimum absolute atomic E-state index is 0.0706. The smallest absolute Gasteiger partial charge is 0.317 e. The number of rotatable bonds is 7. The summed E-state index contributed by atoms with van der Waals surface area (Å²) in [4.78, 5) is 33.4. The highest BCUT2D eigenvalue weighted by Gasteiger charge is 2.20. The number of aromatic amines is 1. The molecule has 0 aliphatic heterocycles. The first-order chi connectivity index (χ1) is 17.3. The van der Waals surface area contributed by atoms with E-state index in [9.17, 15) is 9.59 Å². The standard InChI is InChI=1S/C26H28N8O2/c1-16(2)13-33-25(35)22-23(29-26(33)36)28-24(17(3)4)32(22)14-18-9-11-19(12-10-18)20-7-5-6-8-21(20)34-15-27-30-31-34/h5-12,15-17H,13-14H2,1-4H3,(H,29,36). The number of nitrogens with one attached hydrogen (secondary N) is 1. The van der Waals surface area contributed by atoms with Gasteiger partial charge in [-0.3, -0.25) is 14.3 Å². The lowest BCUT2D eigenvalue weighted by atomic mass is 10.0. The Morgan fingerprint density at radius 3 is 2.36 bits per heavy atom. The highest BCUT2D eigenvalue weighted by molar-refractivity contribution is 5.73. The van der Waals surface area contributed by atoms with Gasteiger partial charge in [0, 0.05) is 24.6 Å². The molecule has 0 spiro atoms. The fourth-order valence-corrected chi connectivity index (χ4v) is 4.46. The molecule has 5 aromatic rings. The monoisotopic (exact) mass is 484 g/mol. The van der Waals surface area contributed by atoms with Crippen LogP contribution in [0.25, 0.3) is 28.0 Å². The molecule has 0 aliphatic rings. The summed E-state index contributed by atoms with van der Waals surface area (Å²) in [6.45, 7) is 8.82. The molecule has 10 heteroatoms. The van der Waals surface area contributed by atoms with Crippen LogP contribution in [0.4, 0.5) is 0 Å². The molecule has 0 fully saturated rings. The van der Waals surface area contributed by atoms with E-state index in [0.29, 0.717) is 24.3 Å². The average Bonchev–Trinajstić information content (AvgIpc) is 3.51. The normalized spacial score (nSPS) is 11.7. The van der Waals surface area contributed by atoms with Gasteiger partial charge in [0.25, 0.3) is 5.56 Å². The van der Waals surface area contributed by atoms with Crippen molar-refractivity contribution in [1.29, 1.82) is 0 Å². The van der Waals surface area contributed by atoms with E-state index in [1.807, 2.05) is 80.8 Å². The van der Waals surface area contributed by atoms with Gasteiger partial charge in [0.15, 0.2) is 11.2 Å². The predicted molar refractivity (Wildman–Crippen MR) is 137 cm³/mol. The van der Waals surface area contributed by atoms with Crippen molar-refractivity contribution < 1.29 is 0 Å². The molecule has 36 heavy (non-hydrogen) atoms. The zero-order chi connectivity index (χ0) is 25.4. The second kappa shape index (κ2) is 9.37. The Kier molecular flexibility index (Phi) is 6.09. The minimum Gasteiger partial charge on any atom is -0.317 e. The SMILES string of the molecule is CC(C)Cn1c(=O)[nH]c2nc(C(C)C)n(Cc3ccc(-c4ccccc4-n4cnnn4)cc3)c2c1=O. The second-order valence-corrected chi connectivity index (χ2v) is 9.62. The summed E-state index contributed by atoms with van der Waals surface area (Å²) in [7, 11) is 0. The van der Waals surface area contributed by atoms with Crippen LogP contribution in [0.2, 0.25) is 0 Å². The molecule has 0 aliphatic carbocycles. The van der Waals surface area contributed by atoms with Gasteiger partial charge in [-0.15, -0.1) is 5.10 Å². The maximum Gasteiger partial charge on any atom is 0.330 e. The Hall–Kier alpha value is -4.34. The van der Waals surface area contributed by atoms with Gasteiger partial charge in [0.2, 0.25) is 0 Å². The molecular formula is C26H28N8O2. The van der Waals surface area contributed by atoms with Crippen molar-refractivity contribution in [2.75, 3.05) is 0 Å². The number of benzene rings is 2. The van der Waals surface area contributed by atoms with Crippen molar-refractivity contribution in [3.05, 3.63) is 87.1 Å². The molecule has 0 radical (unpaired) electrons. The lowest BCUT2D eigenvalue weighted by molar-refractivity contribution is 0.494. The number of hydrogen-bond acceptors (Lipinski definition) is 6. The quantitative estimate of drug-likeness (QED) is 0.379. The molecule has 3 aromatic heterocycles. The van der Waals surface area contributed by atoms with E-state index in [1.54, 1.807) is 11.0 Å². The number of tetrazole rings is 1. The largest absolute Gasteiger partial charge is 0.330 e. The zero-order valence-corrected chi connectivity index (χ0v) is 20.7. The van der Waals surface area contributed by atoms with E-state index in [0.717, 1.165) is 28.2 Å². The third-order valence-electron chi connectivity index (χ3n) is 6.08. The summed E-state index contributed by atoms with van der Waals surface area (Å²) in [6, 6.07) is 16.1. The highest BCUT2D eigenvalue weighted by atomic mass is 16.2. The summed E-state index contributed by atoms with van der Waals surface area (Å²) >= 11 is 0. The van der Waals surface area contributed by atoms with Gasteiger partial charge < -0.3 is 4.57 Å². The van der Waals surface area contributed by atoms with E-state index in [-0.39, 0.29) is 17.4 Å². The molecule has 0 atom stereocenters. The van der Waals surface area contributed by atoms with Gasteiger partial charge in [0.05, 0.1) is 5.69 Å². The van der Waals surface area contributed by atoms with Crippen molar-refractivity contribution >= 4 is 11.2 Å². The van der Waals surface area contributed by atoms with Crippen LogP contribution < -0.4 is 11.2 Å². The van der Waals surface area contributed by atoms with Crippen molar-refractivity contribution in [2.45, 2.75) is 46.7 Å². The van der Waals surface area contributed by atoms with Crippen molar-refractivity contribution in [3.63, 3.8) is 0 Å². The molecule has 0 saturated heterocycles. The van der Waals surface area contributed by atoms with E-state index < -0.39 is 5.69 Å². The van der Waals surface area contributed by atoms with Gasteiger partial charge in [-0.2, -0.15) is 4.68 Å². The zero-order valence-electron chi connectivity index (χ0n) is 20.7. The molecular weight excluding hydrogens is 456 g/mol. The molecule has 1 N–H and O–H groups in total. The van der Waals surface area contributed by atoms with Crippen LogP contribution in [0, 0.1) is 5.92 Å². The van der Waals surface area contributed by atoms with E-state index in [1.165, 1.54) is 4.57 Å². The highest BCUT2D eigenvalue weighted by Crippen LogP contribution is 2.27. The lowest BCUT2D eigenvalue weighted by Gasteiger charge is -2.13. The third-order valence-corrected chi connectivity index (χ3v) is 6.08. The minimum atomic E-state index is -0.424. The Morgan fingerprint density at radius 2 is 1.69 bits per heavy atom. The number of imidazole rings is 1. The average molecular weight is 485 g/mol. The molecule has 2 aromatic carbocycles. The van der Waals surface area contributed by atoms with Gasteiger partial charge >= 0.3 is 5.69 Å². The molecule has 0 bridgehead atoms. The lowest BCUT2D eigenvalue weighted by Crippen LogP contribution is -2.37. The van der Waals surface area contributed by atoms with Gasteiger partial charge in [0.1, 0.15) is 12.2 Å². The van der Waals surface area contributed by atoms with Gasteiger partial charge in [-0.05, 0) is 33.5 Å². The topological polar surface area (TPSA) is 116 Å². The number of aromatic nitrogens is 8. The summed E-state index contributed by atoms with van der Waals surface area (Å²) in [6.07, 6.45) is 1.57. The Morgan fingerprint density at radius 1 is 0.944 bits per heavy atom. The molecule has 0 saturated carbocycles. The van der Waals surface area contributed by atoms with Gasteiger partial charge in [-0.25, -0.2) is 9.78 Å². The first-order valence-corrected chi connectivity index (χ1v) is 12.0. The maximum absolute atomic E-state index is 13.4. The van der Waals surface area contributed by atoms with Crippen LogP contribution >= 0.6 is 0 Å². The fraction of sp³-hybridized carbons (Fsp3) is 0.308. The molecule has 0 unspecified atom stereocenters. The number of nitrogens with zero attached hydrogens (tertiary/aromatic N) is 7. The molecule has 10 nitrogen and oxygen atoms in total. The summed E-state index contributed by atoms with van der Waals surface area (Å²) in [5.41, 5.74) is 3.94.